The first-order valence-corrected chi connectivity index (χ1v) is 6.93. The molecule has 0 aliphatic rings. The molecule has 0 saturated heterocycles. The van der Waals surface area contributed by atoms with E-state index < -0.39 is 0 Å². The molecule has 0 saturated carbocycles. The van der Waals surface area contributed by atoms with Crippen molar-refractivity contribution in [3.05, 3.63) is 30.2 Å². The second kappa shape index (κ2) is 5.83. The molecule has 0 N–H and O–H groups in total. The average Bonchev–Trinajstić information content (AvgIpc) is 2.76. The molecule has 110 valence electrons. The Balaban J connectivity index is 2.45. The zero-order valence-corrected chi connectivity index (χ0v) is 12.9. The van der Waals surface area contributed by atoms with Gasteiger partial charge in [0.15, 0.2) is 0 Å². The summed E-state index contributed by atoms with van der Waals surface area (Å²) in [5.74, 6) is 0.861. The van der Waals surface area contributed by atoms with Crippen molar-refractivity contribution in [2.24, 2.45) is 5.92 Å². The van der Waals surface area contributed by atoms with Crippen molar-refractivity contribution in [1.29, 1.82) is 0 Å². The van der Waals surface area contributed by atoms with E-state index in [4.69, 9.17) is 4.74 Å². The van der Waals surface area contributed by atoms with Crippen LogP contribution >= 0.6 is 0 Å². The van der Waals surface area contributed by atoms with Crippen molar-refractivity contribution in [2.75, 3.05) is 21.2 Å². The third-order valence-corrected chi connectivity index (χ3v) is 3.83. The lowest BCUT2D eigenvalue weighted by Crippen LogP contribution is -2.36. The fourth-order valence-corrected chi connectivity index (χ4v) is 2.75. The molecule has 0 amide bonds. The van der Waals surface area contributed by atoms with Gasteiger partial charge in [0.05, 0.1) is 12.6 Å². The van der Waals surface area contributed by atoms with E-state index in [-0.39, 0.29) is 5.82 Å². The van der Waals surface area contributed by atoms with Crippen LogP contribution in [0.2, 0.25) is 0 Å². The number of fused-ring (bicyclic) bond motifs is 1. The minimum atomic E-state index is -0.264. The van der Waals surface area contributed by atoms with Crippen LogP contribution in [-0.4, -0.2) is 36.7 Å². The molecule has 0 radical (unpaired) electrons. The molecule has 1 heterocycles. The zero-order chi connectivity index (χ0) is 14.9. The van der Waals surface area contributed by atoms with Crippen LogP contribution in [0.4, 0.5) is 4.39 Å². The molecule has 1 atom stereocenters. The molecule has 1 aromatic carbocycles. The molecule has 2 aromatic rings. The van der Waals surface area contributed by atoms with Crippen molar-refractivity contribution in [2.45, 2.75) is 26.4 Å². The fourth-order valence-electron chi connectivity index (χ4n) is 2.75. The third kappa shape index (κ3) is 2.80. The summed E-state index contributed by atoms with van der Waals surface area (Å²) in [5, 5.41) is 0.878. The quantitative estimate of drug-likeness (QED) is 0.834. The topological polar surface area (TPSA) is 17.4 Å². The van der Waals surface area contributed by atoms with E-state index in [2.05, 4.69) is 37.4 Å². The minimum absolute atomic E-state index is 0.264. The van der Waals surface area contributed by atoms with Crippen LogP contribution in [0.3, 0.4) is 0 Å². The monoisotopic (exact) mass is 278 g/mol. The Hall–Kier alpha value is -1.55. The Morgan fingerprint density at radius 2 is 2.00 bits per heavy atom. The molecule has 2 rings (SSSR count). The van der Waals surface area contributed by atoms with E-state index in [0.29, 0.717) is 17.7 Å². The molecule has 0 fully saturated rings. The Kier molecular flexibility index (Phi) is 4.33. The Labute approximate surface area is 119 Å². The van der Waals surface area contributed by atoms with Gasteiger partial charge in [-0.05, 0) is 32.1 Å². The maximum Gasteiger partial charge on any atom is 0.146 e. The van der Waals surface area contributed by atoms with Gasteiger partial charge in [-0.25, -0.2) is 4.39 Å². The normalized spacial score (nSPS) is 13.4. The molecule has 20 heavy (non-hydrogen) atoms. The number of benzene rings is 1. The highest BCUT2D eigenvalue weighted by molar-refractivity contribution is 5.86. The standard InChI is InChI=1S/C16H23FN2O/c1-11(2)14(18(3)4)10-19-7-6-12-8-13(17)9-15(20-5)16(12)19/h6-9,11,14H,10H2,1-5H3/t14-/m0/s1. The van der Waals surface area contributed by atoms with Gasteiger partial charge in [-0.15, -0.1) is 0 Å². The number of ether oxygens (including phenoxy) is 1. The van der Waals surface area contributed by atoms with Crippen LogP contribution in [0.5, 0.6) is 5.75 Å². The van der Waals surface area contributed by atoms with Crippen molar-refractivity contribution < 1.29 is 9.13 Å². The van der Waals surface area contributed by atoms with Gasteiger partial charge < -0.3 is 14.2 Å². The Bertz CT molecular complexity index is 581. The summed E-state index contributed by atoms with van der Waals surface area (Å²) in [7, 11) is 5.76. The number of halogens is 1. The van der Waals surface area contributed by atoms with Crippen molar-refractivity contribution >= 4 is 10.9 Å². The van der Waals surface area contributed by atoms with E-state index in [1.807, 2.05) is 12.3 Å². The fraction of sp³-hybridized carbons (Fsp3) is 0.500. The van der Waals surface area contributed by atoms with Crippen molar-refractivity contribution in [1.82, 2.24) is 9.47 Å². The second-order valence-corrected chi connectivity index (χ2v) is 5.79. The molecule has 0 aliphatic carbocycles. The summed E-state index contributed by atoms with van der Waals surface area (Å²) in [6.07, 6.45) is 2.01. The number of rotatable bonds is 5. The van der Waals surface area contributed by atoms with Crippen LogP contribution in [0, 0.1) is 11.7 Å². The predicted octanol–water partition coefficient (Wildman–Crippen LogP) is 3.38. The number of hydrogen-bond donors (Lipinski definition) is 0. The first-order chi connectivity index (χ1) is 9.43. The number of aromatic nitrogens is 1. The molecule has 4 heteroatoms. The van der Waals surface area contributed by atoms with Crippen LogP contribution in [0.25, 0.3) is 10.9 Å². The van der Waals surface area contributed by atoms with E-state index in [1.165, 1.54) is 6.07 Å². The lowest BCUT2D eigenvalue weighted by atomic mass is 10.0. The maximum atomic E-state index is 13.5. The van der Waals surface area contributed by atoms with Gasteiger partial charge in [0.25, 0.3) is 0 Å². The molecule has 1 aromatic heterocycles. The van der Waals surface area contributed by atoms with Crippen molar-refractivity contribution in [3.63, 3.8) is 0 Å². The van der Waals surface area contributed by atoms with Crippen LogP contribution in [0.1, 0.15) is 13.8 Å². The van der Waals surface area contributed by atoms with Gasteiger partial charge in [0.1, 0.15) is 11.6 Å². The maximum absolute atomic E-state index is 13.5. The van der Waals surface area contributed by atoms with Gasteiger partial charge >= 0.3 is 0 Å². The summed E-state index contributed by atoms with van der Waals surface area (Å²) in [6, 6.07) is 5.35. The lowest BCUT2D eigenvalue weighted by Gasteiger charge is -2.28. The van der Waals surface area contributed by atoms with E-state index in [0.717, 1.165) is 17.4 Å². The summed E-state index contributed by atoms with van der Waals surface area (Å²) in [5.41, 5.74) is 0.960. The summed E-state index contributed by atoms with van der Waals surface area (Å²) >= 11 is 0. The largest absolute Gasteiger partial charge is 0.494 e. The molecule has 0 bridgehead atoms. The average molecular weight is 278 g/mol. The Morgan fingerprint density at radius 1 is 1.30 bits per heavy atom. The highest BCUT2D eigenvalue weighted by Crippen LogP contribution is 2.29. The van der Waals surface area contributed by atoms with Crippen LogP contribution < -0.4 is 4.74 Å². The number of methoxy groups -OCH3 is 1. The van der Waals surface area contributed by atoms with Crippen LogP contribution in [0.15, 0.2) is 24.4 Å². The summed E-state index contributed by atoms with van der Waals surface area (Å²) in [6.45, 7) is 5.29. The smallest absolute Gasteiger partial charge is 0.146 e. The summed E-state index contributed by atoms with van der Waals surface area (Å²) < 4.78 is 21.0. The molecule has 3 nitrogen and oxygen atoms in total. The third-order valence-electron chi connectivity index (χ3n) is 3.83. The molecular formula is C16H23FN2O. The van der Waals surface area contributed by atoms with Gasteiger partial charge in [0.2, 0.25) is 0 Å². The first-order valence-electron chi connectivity index (χ1n) is 6.93. The predicted molar refractivity (Wildman–Crippen MR) is 80.8 cm³/mol. The zero-order valence-electron chi connectivity index (χ0n) is 12.9. The van der Waals surface area contributed by atoms with E-state index in [1.54, 1.807) is 13.2 Å². The Morgan fingerprint density at radius 3 is 2.55 bits per heavy atom. The number of hydrogen-bond acceptors (Lipinski definition) is 2. The second-order valence-electron chi connectivity index (χ2n) is 5.79. The van der Waals surface area contributed by atoms with Gasteiger partial charge in [-0.2, -0.15) is 0 Å². The first kappa shape index (κ1) is 14.9. The SMILES string of the molecule is COc1cc(F)cc2ccn(C[C@@H](C(C)C)N(C)C)c12. The summed E-state index contributed by atoms with van der Waals surface area (Å²) in [4.78, 5) is 2.23. The highest BCUT2D eigenvalue weighted by Gasteiger charge is 2.18. The molecule has 0 unspecified atom stereocenters. The van der Waals surface area contributed by atoms with Gasteiger partial charge in [-0.3, -0.25) is 0 Å². The molecular weight excluding hydrogens is 255 g/mol. The number of nitrogens with zero attached hydrogens (tertiary/aromatic N) is 2. The van der Waals surface area contributed by atoms with Gasteiger partial charge in [-0.1, -0.05) is 13.8 Å². The van der Waals surface area contributed by atoms with E-state index >= 15 is 0 Å². The minimum Gasteiger partial charge on any atom is -0.494 e. The van der Waals surface area contributed by atoms with Gasteiger partial charge in [0, 0.05) is 30.2 Å². The highest BCUT2D eigenvalue weighted by atomic mass is 19.1. The number of likely N-dealkylation sites (N-methyl/N-ethyl adjacent to an activating group) is 1. The van der Waals surface area contributed by atoms with Crippen molar-refractivity contribution in [3.8, 4) is 5.75 Å². The molecule has 0 aliphatic heterocycles. The van der Waals surface area contributed by atoms with E-state index in [9.17, 15) is 4.39 Å². The molecule has 0 spiro atoms. The lowest BCUT2D eigenvalue weighted by molar-refractivity contribution is 0.208. The van der Waals surface area contributed by atoms with Crippen LogP contribution in [-0.2, 0) is 6.54 Å².